The molecule has 3 saturated carbocycles. The number of anilines is 2. The summed E-state index contributed by atoms with van der Waals surface area (Å²) in [4.78, 5) is 15.7. The third-order valence-electron chi connectivity index (χ3n) is 8.33. The summed E-state index contributed by atoms with van der Waals surface area (Å²) in [5, 5.41) is 14.5. The van der Waals surface area contributed by atoms with Gasteiger partial charge in [0, 0.05) is 24.2 Å². The van der Waals surface area contributed by atoms with Crippen LogP contribution >= 0.6 is 0 Å². The topological polar surface area (TPSA) is 154 Å². The van der Waals surface area contributed by atoms with E-state index in [4.69, 9.17) is 4.74 Å². The summed E-state index contributed by atoms with van der Waals surface area (Å²) in [5.74, 6) is -0.104. The number of benzene rings is 2. The maximum atomic E-state index is 14.1. The number of sulfonamides is 2. The summed E-state index contributed by atoms with van der Waals surface area (Å²) in [6, 6.07) is 11.2. The van der Waals surface area contributed by atoms with E-state index >= 15 is 0 Å². The Bertz CT molecular complexity index is 1680. The van der Waals surface area contributed by atoms with Gasteiger partial charge in [-0.3, -0.25) is 9.52 Å². The quantitative estimate of drug-likeness (QED) is 0.466. The van der Waals surface area contributed by atoms with Gasteiger partial charge >= 0.3 is 0 Å². The zero-order valence-electron chi connectivity index (χ0n) is 22.0. The molecule has 2 bridgehead atoms. The van der Waals surface area contributed by atoms with Crippen molar-refractivity contribution >= 4 is 43.2 Å². The number of amidine groups is 1. The lowest BCUT2D eigenvalue weighted by molar-refractivity contribution is -0.140. The predicted molar refractivity (Wildman–Crippen MR) is 149 cm³/mol. The molecule has 2 heterocycles. The average Bonchev–Trinajstić information content (AvgIpc) is 2.91. The van der Waals surface area contributed by atoms with Gasteiger partial charge in [-0.1, -0.05) is 12.1 Å². The van der Waals surface area contributed by atoms with Crippen molar-refractivity contribution in [1.82, 2.24) is 4.90 Å². The van der Waals surface area contributed by atoms with E-state index in [1.807, 2.05) is 24.3 Å². The summed E-state index contributed by atoms with van der Waals surface area (Å²) in [6.07, 6.45) is 4.77. The van der Waals surface area contributed by atoms with E-state index in [-0.39, 0.29) is 63.8 Å². The van der Waals surface area contributed by atoms with Gasteiger partial charge in [-0.2, -0.15) is 8.42 Å². The van der Waals surface area contributed by atoms with Gasteiger partial charge in [0.05, 0.1) is 19.1 Å². The fourth-order valence-corrected chi connectivity index (χ4v) is 8.42. The largest absolute Gasteiger partial charge is 0.511 e. The number of nitrogens with zero attached hydrogens (tertiary/aromatic N) is 2. The summed E-state index contributed by atoms with van der Waals surface area (Å²) >= 11 is 0. The number of methoxy groups -OCH3 is 1. The Balaban J connectivity index is 1.42. The van der Waals surface area contributed by atoms with Gasteiger partial charge < -0.3 is 20.1 Å². The number of nitrogens with one attached hydrogen (secondary N) is 2. The van der Waals surface area contributed by atoms with E-state index in [0.717, 1.165) is 37.5 Å². The number of amides is 1. The molecule has 40 heavy (non-hydrogen) atoms. The highest BCUT2D eigenvalue weighted by molar-refractivity contribution is 7.92. The zero-order chi connectivity index (χ0) is 28.4. The van der Waals surface area contributed by atoms with Crippen molar-refractivity contribution in [1.29, 1.82) is 0 Å². The van der Waals surface area contributed by atoms with E-state index in [0.29, 0.717) is 5.75 Å². The van der Waals surface area contributed by atoms with Gasteiger partial charge in [0.15, 0.2) is 5.84 Å². The van der Waals surface area contributed by atoms with Gasteiger partial charge in [0.1, 0.15) is 22.0 Å². The molecule has 5 aliphatic rings. The molecule has 0 aromatic heterocycles. The zero-order valence-corrected chi connectivity index (χ0v) is 23.6. The molecule has 2 aliphatic heterocycles. The van der Waals surface area contributed by atoms with Crippen LogP contribution in [0.15, 0.2) is 63.1 Å². The lowest BCUT2D eigenvalue weighted by Crippen LogP contribution is -2.60. The van der Waals surface area contributed by atoms with E-state index in [2.05, 4.69) is 14.4 Å². The Morgan fingerprint density at radius 2 is 1.85 bits per heavy atom. The average molecular weight is 587 g/mol. The van der Waals surface area contributed by atoms with E-state index in [1.165, 1.54) is 18.2 Å². The van der Waals surface area contributed by atoms with Crippen LogP contribution in [0.3, 0.4) is 0 Å². The van der Waals surface area contributed by atoms with Crippen LogP contribution in [0.25, 0.3) is 0 Å². The normalized spacial score (nSPS) is 26.9. The van der Waals surface area contributed by atoms with Gasteiger partial charge in [-0.05, 0) is 73.4 Å². The molecule has 3 fully saturated rings. The molecule has 0 saturated heterocycles. The molecule has 2 atom stereocenters. The molecular formula is C27H30N4O7S2. The van der Waals surface area contributed by atoms with Gasteiger partial charge in [-0.15, -0.1) is 4.40 Å². The minimum Gasteiger partial charge on any atom is -0.511 e. The lowest BCUT2D eigenvalue weighted by Gasteiger charge is -2.54. The molecule has 3 N–H and O–H groups in total. The number of carbonyl (C=O) groups excluding carboxylic acids is 1. The molecule has 3 aliphatic carbocycles. The first-order valence-corrected chi connectivity index (χ1v) is 16.4. The van der Waals surface area contributed by atoms with Crippen molar-refractivity contribution in [2.75, 3.05) is 23.4 Å². The number of aliphatic hydroxyl groups excluding tert-OH is 1. The van der Waals surface area contributed by atoms with Crippen LogP contribution in [-0.2, 0) is 31.4 Å². The monoisotopic (exact) mass is 586 g/mol. The molecule has 13 heteroatoms. The maximum Gasteiger partial charge on any atom is 0.286 e. The standard InChI is InChI=1S/C27H30N4O7S2/c1-38-19-5-3-4-15(12-19)14-31-24-17-8-6-16(7-9-17)22(24)25(32)23(27(31)33)26-28-20-11-10-18(29-39(2,34)35)13-21(20)40(36,37)30-26/h3-5,10-13,16-17,22,24,29,32H,6-9,14H2,1-2H3,(H,28,30). The van der Waals surface area contributed by atoms with Gasteiger partial charge in [0.25, 0.3) is 15.9 Å². The second-order valence-electron chi connectivity index (χ2n) is 10.9. The summed E-state index contributed by atoms with van der Waals surface area (Å²) in [6.45, 7) is 0.272. The van der Waals surface area contributed by atoms with Crippen LogP contribution in [0, 0.1) is 17.8 Å². The van der Waals surface area contributed by atoms with Crippen molar-refractivity contribution in [3.05, 3.63) is 59.4 Å². The molecule has 0 spiro atoms. The highest BCUT2D eigenvalue weighted by Crippen LogP contribution is 2.52. The van der Waals surface area contributed by atoms with Crippen molar-refractivity contribution in [3.8, 4) is 5.75 Å². The third kappa shape index (κ3) is 4.60. The number of ether oxygens (including phenoxy) is 1. The molecular weight excluding hydrogens is 556 g/mol. The summed E-state index contributed by atoms with van der Waals surface area (Å²) < 4.78 is 61.3. The number of hydrogen-bond acceptors (Lipinski definition) is 8. The summed E-state index contributed by atoms with van der Waals surface area (Å²) in [7, 11) is -6.39. The van der Waals surface area contributed by atoms with Crippen molar-refractivity contribution < 1.29 is 31.5 Å². The smallest absolute Gasteiger partial charge is 0.286 e. The van der Waals surface area contributed by atoms with Crippen LogP contribution in [0.4, 0.5) is 11.4 Å². The molecule has 11 nitrogen and oxygen atoms in total. The molecule has 1 amide bonds. The molecule has 2 aromatic carbocycles. The summed E-state index contributed by atoms with van der Waals surface area (Å²) in [5.41, 5.74) is 0.899. The molecule has 2 aromatic rings. The fourth-order valence-electron chi connectivity index (χ4n) is 6.72. The highest BCUT2D eigenvalue weighted by atomic mass is 32.2. The highest BCUT2D eigenvalue weighted by Gasteiger charge is 2.54. The first kappa shape index (κ1) is 26.6. The molecule has 0 radical (unpaired) electrons. The number of hydrogen-bond donors (Lipinski definition) is 3. The van der Waals surface area contributed by atoms with Crippen LogP contribution < -0.4 is 14.8 Å². The number of aliphatic hydroxyl groups is 1. The Labute approximate surface area is 233 Å². The van der Waals surface area contributed by atoms with Crippen LogP contribution in [0.1, 0.15) is 31.2 Å². The second-order valence-corrected chi connectivity index (χ2v) is 14.2. The number of fused-ring (bicyclic) bond motifs is 3. The van der Waals surface area contributed by atoms with Crippen LogP contribution in [-0.4, -0.2) is 58.0 Å². The van der Waals surface area contributed by atoms with Crippen molar-refractivity contribution in [3.63, 3.8) is 0 Å². The first-order valence-electron chi connectivity index (χ1n) is 13.1. The van der Waals surface area contributed by atoms with Crippen LogP contribution in [0.2, 0.25) is 0 Å². The number of carbonyl (C=O) groups is 1. The minimum absolute atomic E-state index is 0.0617. The second kappa shape index (κ2) is 9.51. The number of rotatable bonds is 6. The molecule has 2 unspecified atom stereocenters. The lowest BCUT2D eigenvalue weighted by atomic mass is 9.59. The Kier molecular flexibility index (Phi) is 6.33. The van der Waals surface area contributed by atoms with E-state index in [9.17, 15) is 26.7 Å². The van der Waals surface area contributed by atoms with Crippen molar-refractivity contribution in [2.45, 2.75) is 43.2 Å². The maximum absolute atomic E-state index is 14.1. The SMILES string of the molecule is COc1cccc(CN2C(=O)C(C3=NS(=O)(=O)c4cc(NS(C)(=O)=O)ccc4N3)=C(O)C3C4CCC(CC4)C32)c1. The Hall–Kier alpha value is -3.58. The minimum atomic E-state index is -4.33. The van der Waals surface area contributed by atoms with Gasteiger partial charge in [0.2, 0.25) is 10.0 Å². The molecule has 212 valence electrons. The Morgan fingerprint density at radius 1 is 1.12 bits per heavy atom. The first-order chi connectivity index (χ1) is 18.9. The fraction of sp³-hybridized carbons (Fsp3) is 0.407. The molecule has 7 rings (SSSR count). The Morgan fingerprint density at radius 3 is 2.55 bits per heavy atom. The van der Waals surface area contributed by atoms with E-state index < -0.39 is 26.0 Å². The third-order valence-corrected chi connectivity index (χ3v) is 10.3. The van der Waals surface area contributed by atoms with Crippen molar-refractivity contribution in [2.24, 2.45) is 22.2 Å². The van der Waals surface area contributed by atoms with Gasteiger partial charge in [-0.25, -0.2) is 8.42 Å². The van der Waals surface area contributed by atoms with Crippen LogP contribution in [0.5, 0.6) is 5.75 Å². The van der Waals surface area contributed by atoms with E-state index in [1.54, 1.807) is 12.0 Å². The predicted octanol–water partition coefficient (Wildman–Crippen LogP) is 3.24.